The maximum absolute atomic E-state index is 13.3. The molecule has 3 nitrogen and oxygen atoms in total. The van der Waals surface area contributed by atoms with Gasteiger partial charge >= 0.3 is 0 Å². The minimum atomic E-state index is -1.19. The van der Waals surface area contributed by atoms with Crippen molar-refractivity contribution in [2.45, 2.75) is 44.7 Å². The summed E-state index contributed by atoms with van der Waals surface area (Å²) in [5, 5.41) is 10.8. The lowest BCUT2D eigenvalue weighted by Crippen LogP contribution is -2.29. The third kappa shape index (κ3) is 3.80. The summed E-state index contributed by atoms with van der Waals surface area (Å²) < 4.78 is 13.3. The smallest absolute Gasteiger partial charge is 0.147 e. The van der Waals surface area contributed by atoms with Crippen molar-refractivity contribution in [2.24, 2.45) is 10.9 Å². The van der Waals surface area contributed by atoms with E-state index in [9.17, 15) is 4.39 Å². The molecule has 1 heterocycles. The van der Waals surface area contributed by atoms with Gasteiger partial charge in [0.25, 0.3) is 0 Å². The molecule has 0 bridgehead atoms. The summed E-state index contributed by atoms with van der Waals surface area (Å²) in [5.41, 5.74) is 0.199. The van der Waals surface area contributed by atoms with Crippen LogP contribution in [0.15, 0.2) is 16.2 Å². The number of nitrogens with zero attached hydrogens (tertiary/aromatic N) is 1. The Kier molecular flexibility index (Phi) is 4.75. The van der Waals surface area contributed by atoms with E-state index in [2.05, 4.69) is 10.3 Å². The van der Waals surface area contributed by atoms with E-state index in [0.29, 0.717) is 18.3 Å². The molecule has 1 saturated carbocycles. The Morgan fingerprint density at radius 3 is 2.83 bits per heavy atom. The third-order valence-electron chi connectivity index (χ3n) is 3.48. The highest BCUT2D eigenvalue weighted by Gasteiger charge is 2.19. The fraction of sp³-hybridized carbons (Fsp3) is 0.692. The van der Waals surface area contributed by atoms with Crippen LogP contribution in [-0.2, 0) is 0 Å². The lowest BCUT2D eigenvalue weighted by molar-refractivity contribution is 0.367. The number of hydrogen-bond acceptors (Lipinski definition) is 2. The first-order valence-electron chi connectivity index (χ1n) is 6.56. The number of amidine groups is 1. The number of nitrogens with one attached hydrogen (secondary N) is 2. The Morgan fingerprint density at radius 2 is 2.11 bits per heavy atom. The average molecular weight is 272 g/mol. The van der Waals surface area contributed by atoms with Crippen LogP contribution in [0.2, 0.25) is 0 Å². The van der Waals surface area contributed by atoms with Crippen LogP contribution in [0.4, 0.5) is 4.39 Å². The van der Waals surface area contributed by atoms with Gasteiger partial charge in [-0.05, 0) is 24.8 Å². The summed E-state index contributed by atoms with van der Waals surface area (Å²) >= 11 is 5.83. The largest absolute Gasteiger partial charge is 0.330 e. The second kappa shape index (κ2) is 6.32. The predicted octanol–water partition coefficient (Wildman–Crippen LogP) is 3.40. The van der Waals surface area contributed by atoms with Crippen LogP contribution < -0.4 is 5.32 Å². The molecule has 1 aliphatic carbocycles. The molecule has 2 rings (SSSR count). The van der Waals surface area contributed by atoms with Gasteiger partial charge in [0.1, 0.15) is 17.2 Å². The summed E-state index contributed by atoms with van der Waals surface area (Å²) in [7, 11) is 0. The summed E-state index contributed by atoms with van der Waals surface area (Å²) in [6, 6.07) is 0. The van der Waals surface area contributed by atoms with Crippen molar-refractivity contribution < 1.29 is 4.39 Å². The van der Waals surface area contributed by atoms with Crippen molar-refractivity contribution in [1.82, 2.24) is 5.32 Å². The van der Waals surface area contributed by atoms with Crippen molar-refractivity contribution in [3.05, 3.63) is 11.2 Å². The lowest BCUT2D eigenvalue weighted by atomic mass is 9.89. The second-order valence-corrected chi connectivity index (χ2v) is 5.44. The highest BCUT2D eigenvalue weighted by molar-refractivity contribution is 6.43. The molecule has 1 aliphatic heterocycles. The normalized spacial score (nSPS) is 28.8. The van der Waals surface area contributed by atoms with Gasteiger partial charge in [0, 0.05) is 13.0 Å². The molecule has 0 spiro atoms. The van der Waals surface area contributed by atoms with Crippen LogP contribution >= 0.6 is 11.6 Å². The molecule has 0 aromatic heterocycles. The molecular formula is C13H19ClFN3. The Hall–Kier alpha value is -0.900. The van der Waals surface area contributed by atoms with E-state index in [1.807, 2.05) is 0 Å². The predicted molar refractivity (Wildman–Crippen MR) is 73.2 cm³/mol. The van der Waals surface area contributed by atoms with Crippen molar-refractivity contribution in [2.75, 3.05) is 6.54 Å². The van der Waals surface area contributed by atoms with Gasteiger partial charge in [-0.2, -0.15) is 0 Å². The van der Waals surface area contributed by atoms with E-state index in [0.717, 1.165) is 0 Å². The molecule has 5 heteroatoms. The molecule has 100 valence electrons. The molecule has 0 radical (unpaired) electrons. The monoisotopic (exact) mass is 271 g/mol. The van der Waals surface area contributed by atoms with Gasteiger partial charge in [-0.3, -0.25) is 4.99 Å². The molecule has 2 N–H and O–H groups in total. The average Bonchev–Trinajstić information content (AvgIpc) is 2.46. The minimum absolute atomic E-state index is 0.0483. The van der Waals surface area contributed by atoms with Gasteiger partial charge in [0.15, 0.2) is 0 Å². The topological polar surface area (TPSA) is 48.2 Å². The van der Waals surface area contributed by atoms with Crippen LogP contribution in [0.25, 0.3) is 0 Å². The highest BCUT2D eigenvalue weighted by atomic mass is 35.5. The quantitative estimate of drug-likeness (QED) is 0.743. The van der Waals surface area contributed by atoms with E-state index in [1.54, 1.807) is 0 Å². The fourth-order valence-corrected chi connectivity index (χ4v) is 2.69. The first-order chi connectivity index (χ1) is 8.65. The van der Waals surface area contributed by atoms with Gasteiger partial charge in [-0.1, -0.05) is 30.9 Å². The first-order valence-corrected chi connectivity index (χ1v) is 6.93. The zero-order valence-corrected chi connectivity index (χ0v) is 11.1. The fourth-order valence-electron chi connectivity index (χ4n) is 2.46. The number of aliphatic imine (C=N–C) groups is 1. The highest BCUT2D eigenvalue weighted by Crippen LogP contribution is 2.23. The standard InChI is InChI=1S/C13H19ClFN3/c14-12-7-10(15)6-11(16)13(18-12)17-8-9-4-2-1-3-5-9/h7,9-10,16H,1-6,8H2,(H,17,18). The molecule has 0 amide bonds. The SMILES string of the molecule is N=C1CC(F)C=C(Cl)NC1=NCC1CCCCC1. The van der Waals surface area contributed by atoms with Crippen LogP contribution in [-0.4, -0.2) is 24.3 Å². The number of halogens is 2. The van der Waals surface area contributed by atoms with Crippen LogP contribution in [0.5, 0.6) is 0 Å². The van der Waals surface area contributed by atoms with E-state index in [1.165, 1.54) is 38.2 Å². The molecular weight excluding hydrogens is 253 g/mol. The van der Waals surface area contributed by atoms with Gasteiger partial charge in [-0.15, -0.1) is 0 Å². The summed E-state index contributed by atoms with van der Waals surface area (Å²) in [5.74, 6) is 1.04. The van der Waals surface area contributed by atoms with E-state index >= 15 is 0 Å². The maximum Gasteiger partial charge on any atom is 0.147 e. The van der Waals surface area contributed by atoms with Crippen molar-refractivity contribution >= 4 is 23.1 Å². The number of allylic oxidation sites excluding steroid dienone is 1. The molecule has 18 heavy (non-hydrogen) atoms. The zero-order chi connectivity index (χ0) is 13.0. The Bertz CT molecular complexity index is 372. The Morgan fingerprint density at radius 1 is 1.39 bits per heavy atom. The minimum Gasteiger partial charge on any atom is -0.330 e. The molecule has 0 aromatic carbocycles. The van der Waals surface area contributed by atoms with Crippen LogP contribution in [0.3, 0.4) is 0 Å². The Balaban J connectivity index is 1.97. The molecule has 0 aromatic rings. The van der Waals surface area contributed by atoms with E-state index < -0.39 is 6.17 Å². The van der Waals surface area contributed by atoms with Crippen LogP contribution in [0.1, 0.15) is 38.5 Å². The van der Waals surface area contributed by atoms with Gasteiger partial charge in [0.05, 0.1) is 5.71 Å². The third-order valence-corrected chi connectivity index (χ3v) is 3.70. The molecule has 1 fully saturated rings. The number of alkyl halides is 1. The Labute approximate surface area is 112 Å². The summed E-state index contributed by atoms with van der Waals surface area (Å²) in [4.78, 5) is 4.42. The van der Waals surface area contributed by atoms with Crippen molar-refractivity contribution in [1.29, 1.82) is 5.41 Å². The number of hydrogen-bond donors (Lipinski definition) is 2. The van der Waals surface area contributed by atoms with Gasteiger partial charge in [-0.25, -0.2) is 4.39 Å². The first kappa shape index (κ1) is 13.5. The van der Waals surface area contributed by atoms with E-state index in [-0.39, 0.29) is 17.3 Å². The van der Waals surface area contributed by atoms with Crippen molar-refractivity contribution in [3.63, 3.8) is 0 Å². The van der Waals surface area contributed by atoms with E-state index in [4.69, 9.17) is 17.0 Å². The summed E-state index contributed by atoms with van der Waals surface area (Å²) in [6.07, 6.45) is 6.42. The number of rotatable bonds is 2. The molecule has 1 atom stereocenters. The maximum atomic E-state index is 13.3. The molecule has 2 aliphatic rings. The molecule has 1 unspecified atom stereocenters. The summed E-state index contributed by atoms with van der Waals surface area (Å²) in [6.45, 7) is 0.714. The lowest BCUT2D eigenvalue weighted by Gasteiger charge is -2.20. The second-order valence-electron chi connectivity index (χ2n) is 5.03. The van der Waals surface area contributed by atoms with Gasteiger partial charge < -0.3 is 10.7 Å². The van der Waals surface area contributed by atoms with Crippen LogP contribution in [0, 0.1) is 11.3 Å². The molecule has 0 saturated heterocycles. The zero-order valence-electron chi connectivity index (χ0n) is 10.4. The van der Waals surface area contributed by atoms with Gasteiger partial charge in [0.2, 0.25) is 0 Å². The van der Waals surface area contributed by atoms with Crippen molar-refractivity contribution in [3.8, 4) is 0 Å².